The zero-order valence-electron chi connectivity index (χ0n) is 25.4. The van der Waals surface area contributed by atoms with Crippen molar-refractivity contribution in [3.05, 3.63) is 163 Å². The summed E-state index contributed by atoms with van der Waals surface area (Å²) in [6, 6.07) is 51.3. The lowest BCUT2D eigenvalue weighted by molar-refractivity contribution is 0.660. The summed E-state index contributed by atoms with van der Waals surface area (Å²) >= 11 is 0. The average Bonchev–Trinajstić information content (AvgIpc) is 3.32. The van der Waals surface area contributed by atoms with Gasteiger partial charge < -0.3 is 0 Å². The van der Waals surface area contributed by atoms with E-state index in [1.165, 1.54) is 88.0 Å². The Hall–Kier alpha value is -5.53. The van der Waals surface area contributed by atoms with Crippen LogP contribution in [0.25, 0.3) is 76.8 Å². The summed E-state index contributed by atoms with van der Waals surface area (Å²) in [5.41, 5.74) is 12.9. The largest absolute Gasteiger partial charge is 0.264 e. The SMILES string of the molecule is CC1(C)c2ccccc2-c2ccc(-c3ccccc3-c3c4ccccc4c(-c4cccc5ccccc45)c4ccncc34)cc21. The normalized spacial score (nSPS) is 13.3. The van der Waals surface area contributed by atoms with Crippen LogP contribution < -0.4 is 0 Å². The van der Waals surface area contributed by atoms with E-state index in [-0.39, 0.29) is 5.41 Å². The van der Waals surface area contributed by atoms with Gasteiger partial charge in [0.25, 0.3) is 0 Å². The molecule has 0 N–H and O–H groups in total. The number of pyridine rings is 1. The first kappa shape index (κ1) is 25.9. The Kier molecular flexibility index (Phi) is 5.61. The molecule has 0 aliphatic heterocycles. The van der Waals surface area contributed by atoms with Gasteiger partial charge in [-0.2, -0.15) is 0 Å². The highest BCUT2D eigenvalue weighted by molar-refractivity contribution is 6.24. The lowest BCUT2D eigenvalue weighted by atomic mass is 9.80. The van der Waals surface area contributed by atoms with Crippen LogP contribution in [0.2, 0.25) is 0 Å². The fraction of sp³-hybridized carbons (Fsp3) is 0.0682. The van der Waals surface area contributed by atoms with Gasteiger partial charge in [0.05, 0.1) is 0 Å². The van der Waals surface area contributed by atoms with Gasteiger partial charge in [-0.3, -0.25) is 4.98 Å². The third-order valence-electron chi connectivity index (χ3n) is 9.98. The van der Waals surface area contributed by atoms with Gasteiger partial charge in [0.1, 0.15) is 0 Å². The van der Waals surface area contributed by atoms with E-state index >= 15 is 0 Å². The summed E-state index contributed by atoms with van der Waals surface area (Å²) in [7, 11) is 0. The molecule has 0 unspecified atom stereocenters. The fourth-order valence-electron chi connectivity index (χ4n) is 7.87. The van der Waals surface area contributed by atoms with Crippen molar-refractivity contribution in [2.75, 3.05) is 0 Å². The summed E-state index contributed by atoms with van der Waals surface area (Å²) < 4.78 is 0. The highest BCUT2D eigenvalue weighted by Crippen LogP contribution is 2.51. The highest BCUT2D eigenvalue weighted by atomic mass is 14.6. The van der Waals surface area contributed by atoms with Gasteiger partial charge in [0, 0.05) is 23.2 Å². The number of hydrogen-bond donors (Lipinski definition) is 0. The molecular formula is C44H31N. The molecule has 0 saturated carbocycles. The van der Waals surface area contributed by atoms with Crippen molar-refractivity contribution in [3.8, 4) is 44.5 Å². The van der Waals surface area contributed by atoms with Crippen LogP contribution in [0.5, 0.6) is 0 Å². The van der Waals surface area contributed by atoms with Crippen LogP contribution in [-0.4, -0.2) is 4.98 Å². The lowest BCUT2D eigenvalue weighted by Gasteiger charge is -2.23. The fourth-order valence-corrected chi connectivity index (χ4v) is 7.87. The van der Waals surface area contributed by atoms with Crippen LogP contribution in [-0.2, 0) is 5.41 Å². The van der Waals surface area contributed by atoms with Crippen molar-refractivity contribution in [1.82, 2.24) is 4.98 Å². The molecule has 1 aliphatic carbocycles. The quantitative estimate of drug-likeness (QED) is 0.192. The standard InChI is InChI=1S/C44H31N/c1-44(2)40-21-10-9-16-32(40)33-23-22-29(26-41(33)44)31-15-5-6-17-34(31)43-37-19-8-7-18-36(37)42(38-24-25-45-27-39(38)43)35-20-11-13-28-12-3-4-14-30(28)35/h3-27H,1-2H3. The highest BCUT2D eigenvalue weighted by Gasteiger charge is 2.35. The maximum atomic E-state index is 4.69. The Balaban J connectivity index is 1.33. The monoisotopic (exact) mass is 573 g/mol. The Morgan fingerprint density at radius 2 is 1.00 bits per heavy atom. The molecule has 0 atom stereocenters. The van der Waals surface area contributed by atoms with Crippen LogP contribution in [0.15, 0.2) is 152 Å². The van der Waals surface area contributed by atoms with Gasteiger partial charge in [-0.05, 0) is 94.7 Å². The minimum absolute atomic E-state index is 0.0553. The number of aromatic nitrogens is 1. The molecule has 1 aliphatic rings. The summed E-state index contributed by atoms with van der Waals surface area (Å²) in [6.45, 7) is 4.71. The topological polar surface area (TPSA) is 12.9 Å². The van der Waals surface area contributed by atoms with E-state index in [1.54, 1.807) is 0 Å². The van der Waals surface area contributed by atoms with Crippen molar-refractivity contribution in [3.63, 3.8) is 0 Å². The molecule has 7 aromatic carbocycles. The van der Waals surface area contributed by atoms with E-state index in [0.29, 0.717) is 0 Å². The molecule has 9 rings (SSSR count). The third kappa shape index (κ3) is 3.77. The van der Waals surface area contributed by atoms with Gasteiger partial charge >= 0.3 is 0 Å². The number of fused-ring (bicyclic) bond motifs is 6. The average molecular weight is 574 g/mol. The maximum absolute atomic E-state index is 4.69. The zero-order chi connectivity index (χ0) is 30.1. The second kappa shape index (κ2) is 9.74. The molecule has 1 heterocycles. The van der Waals surface area contributed by atoms with E-state index < -0.39 is 0 Å². The molecule has 8 aromatic rings. The minimum Gasteiger partial charge on any atom is -0.264 e. The molecule has 212 valence electrons. The summed E-state index contributed by atoms with van der Waals surface area (Å²) in [6.07, 6.45) is 3.99. The molecule has 1 aromatic heterocycles. The molecule has 1 heteroatoms. The van der Waals surface area contributed by atoms with Crippen LogP contribution in [0.1, 0.15) is 25.0 Å². The summed E-state index contributed by atoms with van der Waals surface area (Å²) in [5, 5.41) is 7.39. The van der Waals surface area contributed by atoms with Gasteiger partial charge in [0.15, 0.2) is 0 Å². The molecular weight excluding hydrogens is 542 g/mol. The number of rotatable bonds is 3. The van der Waals surface area contributed by atoms with E-state index in [0.717, 1.165) is 0 Å². The third-order valence-corrected chi connectivity index (χ3v) is 9.98. The van der Waals surface area contributed by atoms with Crippen molar-refractivity contribution < 1.29 is 0 Å². The predicted octanol–water partition coefficient (Wildman–Crippen LogP) is 11.8. The predicted molar refractivity (Wildman–Crippen MR) is 191 cm³/mol. The maximum Gasteiger partial charge on any atom is 0.0353 e. The van der Waals surface area contributed by atoms with Crippen molar-refractivity contribution >= 4 is 32.3 Å². The first-order chi connectivity index (χ1) is 22.1. The van der Waals surface area contributed by atoms with E-state index in [4.69, 9.17) is 4.98 Å². The second-order valence-corrected chi connectivity index (χ2v) is 12.7. The van der Waals surface area contributed by atoms with Crippen LogP contribution >= 0.6 is 0 Å². The van der Waals surface area contributed by atoms with Gasteiger partial charge in [0.2, 0.25) is 0 Å². The van der Waals surface area contributed by atoms with Gasteiger partial charge in [-0.25, -0.2) is 0 Å². The van der Waals surface area contributed by atoms with E-state index in [9.17, 15) is 0 Å². The molecule has 0 radical (unpaired) electrons. The van der Waals surface area contributed by atoms with E-state index in [1.807, 2.05) is 6.20 Å². The van der Waals surface area contributed by atoms with Crippen LogP contribution in [0, 0.1) is 0 Å². The van der Waals surface area contributed by atoms with Gasteiger partial charge in [-0.15, -0.1) is 0 Å². The Morgan fingerprint density at radius 1 is 0.422 bits per heavy atom. The van der Waals surface area contributed by atoms with Crippen molar-refractivity contribution in [1.29, 1.82) is 0 Å². The van der Waals surface area contributed by atoms with Crippen LogP contribution in [0.3, 0.4) is 0 Å². The molecule has 0 spiro atoms. The Labute approximate surface area is 263 Å². The molecule has 45 heavy (non-hydrogen) atoms. The first-order valence-corrected chi connectivity index (χ1v) is 15.7. The van der Waals surface area contributed by atoms with Gasteiger partial charge in [-0.1, -0.05) is 141 Å². The molecule has 0 saturated heterocycles. The molecule has 1 nitrogen and oxygen atoms in total. The van der Waals surface area contributed by atoms with E-state index in [2.05, 4.69) is 160 Å². The summed E-state index contributed by atoms with van der Waals surface area (Å²) in [5.74, 6) is 0. The first-order valence-electron chi connectivity index (χ1n) is 15.7. The summed E-state index contributed by atoms with van der Waals surface area (Å²) in [4.78, 5) is 4.69. The minimum atomic E-state index is -0.0553. The number of hydrogen-bond acceptors (Lipinski definition) is 1. The zero-order valence-corrected chi connectivity index (χ0v) is 25.4. The Bertz CT molecular complexity index is 2400. The molecule has 0 amide bonds. The number of nitrogens with zero attached hydrogens (tertiary/aromatic N) is 1. The number of benzene rings is 7. The van der Waals surface area contributed by atoms with Crippen LogP contribution in [0.4, 0.5) is 0 Å². The molecule has 0 bridgehead atoms. The Morgan fingerprint density at radius 3 is 1.82 bits per heavy atom. The molecule has 0 fully saturated rings. The van der Waals surface area contributed by atoms with Crippen molar-refractivity contribution in [2.24, 2.45) is 0 Å². The lowest BCUT2D eigenvalue weighted by Crippen LogP contribution is -2.14. The second-order valence-electron chi connectivity index (χ2n) is 12.7. The smallest absolute Gasteiger partial charge is 0.0353 e. The van der Waals surface area contributed by atoms with Crippen molar-refractivity contribution in [2.45, 2.75) is 19.3 Å².